The number of halogens is 1. The van der Waals surface area contributed by atoms with E-state index in [0.717, 1.165) is 42.5 Å². The van der Waals surface area contributed by atoms with Crippen LogP contribution in [-0.4, -0.2) is 46.3 Å². The van der Waals surface area contributed by atoms with Crippen LogP contribution in [0.2, 0.25) is 0 Å². The zero-order valence-corrected chi connectivity index (χ0v) is 25.7. The lowest BCUT2D eigenvalue weighted by molar-refractivity contribution is -0.144. The fourth-order valence-electron chi connectivity index (χ4n) is 6.28. The monoisotopic (exact) mass is 625 g/mol. The molecule has 5 rings (SSSR count). The molecule has 3 aliphatic rings. The van der Waals surface area contributed by atoms with Crippen molar-refractivity contribution in [2.24, 2.45) is 0 Å². The Kier molecular flexibility index (Phi) is 8.63. The highest BCUT2D eigenvalue weighted by atomic mass is 79.9. The first-order chi connectivity index (χ1) is 19.8. The van der Waals surface area contributed by atoms with Crippen LogP contribution >= 0.6 is 15.9 Å². The molecule has 0 aromatic heterocycles. The molecule has 1 fully saturated rings. The number of hydrogen-bond acceptors (Lipinski definition) is 8. The van der Waals surface area contributed by atoms with Crippen LogP contribution in [0.15, 0.2) is 57.3 Å². The highest BCUT2D eigenvalue weighted by Crippen LogP contribution is 2.49. The second-order valence-corrected chi connectivity index (χ2v) is 11.5. The van der Waals surface area contributed by atoms with Gasteiger partial charge in [-0.3, -0.25) is 4.79 Å². The van der Waals surface area contributed by atoms with Crippen LogP contribution in [0.1, 0.15) is 68.4 Å². The molecule has 0 unspecified atom stereocenters. The van der Waals surface area contributed by atoms with Gasteiger partial charge in [0.05, 0.1) is 34.0 Å². The smallest absolute Gasteiger partial charge is 0.337 e. The first-order valence-electron chi connectivity index (χ1n) is 13.9. The molecule has 8 nitrogen and oxygen atoms in total. The van der Waals surface area contributed by atoms with Crippen molar-refractivity contribution in [3.8, 4) is 23.0 Å². The van der Waals surface area contributed by atoms with Gasteiger partial charge in [-0.05, 0) is 80.3 Å². The Bertz CT molecular complexity index is 1420. The fraction of sp³-hybridized carbons (Fsp3) is 0.438. The number of Topliss-reactive ketones (excluding diaryl/α,β-unsaturated/α-hetero) is 1. The van der Waals surface area contributed by atoms with E-state index < -0.39 is 11.9 Å². The quantitative estimate of drug-likeness (QED) is 0.340. The molecule has 2 aromatic carbocycles. The van der Waals surface area contributed by atoms with Gasteiger partial charge >= 0.3 is 5.97 Å². The normalized spacial score (nSPS) is 20.9. The average molecular weight is 627 g/mol. The molecular formula is C32H36BrNO7. The lowest BCUT2D eigenvalue weighted by atomic mass is 9.71. The third kappa shape index (κ3) is 5.56. The Hall–Kier alpha value is -3.46. The second kappa shape index (κ2) is 12.2. The van der Waals surface area contributed by atoms with Crippen LogP contribution in [-0.2, 0) is 14.3 Å². The van der Waals surface area contributed by atoms with Crippen LogP contribution < -0.4 is 24.3 Å². The Morgan fingerprint density at radius 3 is 2.17 bits per heavy atom. The molecule has 1 saturated carbocycles. The third-order valence-electron chi connectivity index (χ3n) is 8.32. The van der Waals surface area contributed by atoms with Gasteiger partial charge in [-0.15, -0.1) is 0 Å². The van der Waals surface area contributed by atoms with Crippen molar-refractivity contribution in [2.45, 2.75) is 63.4 Å². The molecule has 1 N–H and O–H groups in total. The molecule has 0 amide bonds. The van der Waals surface area contributed by atoms with Crippen molar-refractivity contribution in [1.82, 2.24) is 5.32 Å². The van der Waals surface area contributed by atoms with E-state index in [4.69, 9.17) is 23.7 Å². The fourth-order valence-corrected chi connectivity index (χ4v) is 6.83. The van der Waals surface area contributed by atoms with Crippen molar-refractivity contribution in [1.29, 1.82) is 0 Å². The van der Waals surface area contributed by atoms with Crippen molar-refractivity contribution >= 4 is 27.7 Å². The molecular weight excluding hydrogens is 590 g/mol. The molecule has 0 bridgehead atoms. The number of hydrogen-bond donors (Lipinski definition) is 1. The van der Waals surface area contributed by atoms with Gasteiger partial charge in [-0.1, -0.05) is 22.0 Å². The Morgan fingerprint density at radius 2 is 1.51 bits per heavy atom. The van der Waals surface area contributed by atoms with E-state index >= 15 is 0 Å². The van der Waals surface area contributed by atoms with Gasteiger partial charge in [0.1, 0.15) is 6.10 Å². The molecule has 1 heterocycles. The van der Waals surface area contributed by atoms with E-state index in [1.54, 1.807) is 28.4 Å². The molecule has 9 heteroatoms. The number of benzene rings is 2. The first kappa shape index (κ1) is 29.0. The molecule has 2 atom stereocenters. The summed E-state index contributed by atoms with van der Waals surface area (Å²) in [6, 6.07) is 9.42. The topological polar surface area (TPSA) is 92.3 Å². The summed E-state index contributed by atoms with van der Waals surface area (Å²) in [6.45, 7) is 1.88. The highest BCUT2D eigenvalue weighted by Gasteiger charge is 2.43. The zero-order valence-electron chi connectivity index (χ0n) is 24.1. The molecule has 2 aromatic rings. The van der Waals surface area contributed by atoms with Gasteiger partial charge in [0.25, 0.3) is 0 Å². The SMILES string of the molecule is COc1ccc([C@@H]2CC(=O)C3=C(C2)NC(C)=C(C(=O)OC2CCCC2)[C@H]3c2cc(OC)c(OC)cc2Br)cc1OC. The van der Waals surface area contributed by atoms with Gasteiger partial charge in [0.2, 0.25) is 0 Å². The maximum atomic E-state index is 14.1. The lowest BCUT2D eigenvalue weighted by Crippen LogP contribution is -2.36. The number of esters is 1. The van der Waals surface area contributed by atoms with Crippen molar-refractivity contribution in [3.63, 3.8) is 0 Å². The second-order valence-electron chi connectivity index (χ2n) is 10.7. The Labute approximate surface area is 249 Å². The molecule has 41 heavy (non-hydrogen) atoms. The minimum atomic E-state index is -0.631. The van der Waals surface area contributed by atoms with Gasteiger partial charge in [0.15, 0.2) is 28.8 Å². The van der Waals surface area contributed by atoms with Crippen LogP contribution in [0.4, 0.5) is 0 Å². The molecule has 2 aliphatic carbocycles. The largest absolute Gasteiger partial charge is 0.493 e. The summed E-state index contributed by atoms with van der Waals surface area (Å²) in [7, 11) is 6.34. The maximum absolute atomic E-state index is 14.1. The summed E-state index contributed by atoms with van der Waals surface area (Å²) in [4.78, 5) is 27.9. The number of methoxy groups -OCH3 is 4. The van der Waals surface area contributed by atoms with E-state index in [1.807, 2.05) is 37.3 Å². The van der Waals surface area contributed by atoms with E-state index in [-0.39, 0.29) is 17.8 Å². The molecule has 0 spiro atoms. The predicted molar refractivity (Wildman–Crippen MR) is 158 cm³/mol. The number of nitrogens with one attached hydrogen (secondary N) is 1. The number of allylic oxidation sites excluding steroid dienone is 3. The average Bonchev–Trinajstić information content (AvgIpc) is 3.48. The summed E-state index contributed by atoms with van der Waals surface area (Å²) < 4.78 is 28.7. The summed E-state index contributed by atoms with van der Waals surface area (Å²) in [5.41, 5.74) is 4.25. The van der Waals surface area contributed by atoms with E-state index in [2.05, 4.69) is 21.2 Å². The van der Waals surface area contributed by atoms with E-state index in [9.17, 15) is 9.59 Å². The Balaban J connectivity index is 1.59. The first-order valence-corrected chi connectivity index (χ1v) is 14.7. The van der Waals surface area contributed by atoms with E-state index in [0.29, 0.717) is 57.2 Å². The highest BCUT2D eigenvalue weighted by molar-refractivity contribution is 9.10. The minimum Gasteiger partial charge on any atom is -0.493 e. The maximum Gasteiger partial charge on any atom is 0.337 e. The Morgan fingerprint density at radius 1 is 0.878 bits per heavy atom. The molecule has 218 valence electrons. The van der Waals surface area contributed by atoms with Crippen molar-refractivity contribution in [2.75, 3.05) is 28.4 Å². The predicted octanol–water partition coefficient (Wildman–Crippen LogP) is 6.33. The number of rotatable bonds is 8. The van der Waals surface area contributed by atoms with Crippen LogP contribution in [0, 0.1) is 0 Å². The zero-order chi connectivity index (χ0) is 29.3. The standard InChI is InChI=1S/C32H36BrNO7/c1-17-29(32(36)41-20-8-6-7-9-20)30(21-15-27(39-4)28(40-5)16-22(21)33)31-23(34-17)12-19(13-24(31)35)18-10-11-25(37-2)26(14-18)38-3/h10-11,14-16,19-20,30,34H,6-9,12-13H2,1-5H3/t19-,30+/m0/s1. The van der Waals surface area contributed by atoms with Gasteiger partial charge in [0, 0.05) is 33.8 Å². The van der Waals surface area contributed by atoms with Gasteiger partial charge in [-0.2, -0.15) is 0 Å². The summed E-state index contributed by atoms with van der Waals surface area (Å²) in [5, 5.41) is 3.44. The van der Waals surface area contributed by atoms with E-state index in [1.165, 1.54) is 0 Å². The molecule has 1 aliphatic heterocycles. The molecule has 0 radical (unpaired) electrons. The molecule has 0 saturated heterocycles. The van der Waals surface area contributed by atoms with Crippen LogP contribution in [0.5, 0.6) is 23.0 Å². The van der Waals surface area contributed by atoms with Gasteiger partial charge < -0.3 is 29.0 Å². The van der Waals surface area contributed by atoms with Gasteiger partial charge in [-0.25, -0.2) is 4.79 Å². The van der Waals surface area contributed by atoms with Crippen molar-refractivity contribution in [3.05, 3.63) is 68.5 Å². The summed E-state index contributed by atoms with van der Waals surface area (Å²) in [5.74, 6) is 1.20. The number of dihydropyridines is 1. The van der Waals surface area contributed by atoms with Crippen molar-refractivity contribution < 1.29 is 33.3 Å². The number of carbonyl (C=O) groups excluding carboxylic acids is 2. The minimum absolute atomic E-state index is 0.0242. The number of ether oxygens (including phenoxy) is 5. The number of ketones is 1. The van der Waals surface area contributed by atoms with Crippen LogP contribution in [0.3, 0.4) is 0 Å². The summed E-state index contributed by atoms with van der Waals surface area (Å²) >= 11 is 3.70. The van der Waals surface area contributed by atoms with Crippen LogP contribution in [0.25, 0.3) is 0 Å². The summed E-state index contributed by atoms with van der Waals surface area (Å²) in [6.07, 6.45) is 4.59. The third-order valence-corrected chi connectivity index (χ3v) is 9.00. The number of carbonyl (C=O) groups is 2. The lowest BCUT2D eigenvalue weighted by Gasteiger charge is -2.37.